The van der Waals surface area contributed by atoms with E-state index in [0.717, 1.165) is 0 Å². The van der Waals surface area contributed by atoms with Crippen LogP contribution < -0.4 is 30.2 Å². The molecule has 7 aromatic rings. The van der Waals surface area contributed by atoms with Crippen molar-refractivity contribution in [3.05, 3.63) is 167 Å². The van der Waals surface area contributed by atoms with Gasteiger partial charge in [-0.2, -0.15) is 0 Å². The Hall–Kier alpha value is -6.13. The van der Waals surface area contributed by atoms with Crippen molar-refractivity contribution in [2.45, 2.75) is 157 Å². The summed E-state index contributed by atoms with van der Waals surface area (Å²) in [7, 11) is 0. The minimum Gasteiger partial charge on any atom is -0.360 e. The van der Waals surface area contributed by atoms with Crippen molar-refractivity contribution in [3.8, 4) is 22.3 Å². The quantitative estimate of drug-likeness (QED) is 0.160. The molecule has 6 heteroatoms. The highest BCUT2D eigenvalue weighted by Gasteiger charge is 2.53. The van der Waals surface area contributed by atoms with Gasteiger partial charge < -0.3 is 19.2 Å². The van der Waals surface area contributed by atoms with E-state index in [1.54, 1.807) is 0 Å². The fourth-order valence-electron chi connectivity index (χ4n) is 11.8. The van der Waals surface area contributed by atoms with E-state index in [1.165, 1.54) is 112 Å². The van der Waals surface area contributed by atoms with E-state index in [9.17, 15) is 0 Å². The first-order chi connectivity index (χ1) is 33.5. The number of hydrogen-bond donors (Lipinski definition) is 0. The number of anilines is 8. The summed E-state index contributed by atoms with van der Waals surface area (Å²) in [6, 6.07) is 53.4. The first kappa shape index (κ1) is 48.2. The van der Waals surface area contributed by atoms with Crippen LogP contribution in [0.5, 0.6) is 0 Å². The predicted octanol–water partition coefficient (Wildman–Crippen LogP) is 16.8. The molecule has 0 aliphatic carbocycles. The van der Waals surface area contributed by atoms with Gasteiger partial charge in [-0.05, 0) is 161 Å². The molecule has 11 rings (SSSR count). The van der Waals surface area contributed by atoms with E-state index in [-0.39, 0.29) is 46.5 Å². The third-order valence-electron chi connectivity index (χ3n) is 16.3. The molecule has 4 aliphatic heterocycles. The van der Waals surface area contributed by atoms with Gasteiger partial charge in [-0.15, -0.1) is 0 Å². The first-order valence-corrected chi connectivity index (χ1v) is 26.6. The van der Waals surface area contributed by atoms with Crippen LogP contribution in [-0.2, 0) is 32.5 Å². The van der Waals surface area contributed by atoms with Gasteiger partial charge in [0.2, 0.25) is 0 Å². The number of fused-ring (bicyclic) bond motifs is 16. The molecule has 0 aromatic heterocycles. The summed E-state index contributed by atoms with van der Waals surface area (Å²) in [4.78, 5) is 10.7. The Bertz CT molecular complexity index is 3100. The molecule has 0 N–H and O–H groups in total. The van der Waals surface area contributed by atoms with Crippen LogP contribution in [0.25, 0.3) is 22.3 Å². The normalized spacial score (nSPS) is 15.2. The minimum atomic E-state index is -0.132. The molecule has 0 atom stereocenters. The Morgan fingerprint density at radius 3 is 0.792 bits per heavy atom. The van der Waals surface area contributed by atoms with Crippen molar-refractivity contribution < 1.29 is 0 Å². The molecule has 0 spiro atoms. The summed E-state index contributed by atoms with van der Waals surface area (Å²) in [6.45, 7) is 41.7. The zero-order valence-corrected chi connectivity index (χ0v) is 46.6. The summed E-state index contributed by atoms with van der Waals surface area (Å²) in [6.07, 6.45) is 0. The van der Waals surface area contributed by atoms with Crippen molar-refractivity contribution in [2.24, 2.45) is 0 Å². The van der Waals surface area contributed by atoms with E-state index in [0.29, 0.717) is 0 Å². The van der Waals surface area contributed by atoms with E-state index >= 15 is 0 Å². The Balaban J connectivity index is 1.24. The van der Waals surface area contributed by atoms with Crippen LogP contribution in [0.4, 0.5) is 45.5 Å². The maximum Gasteiger partial charge on any atom is 0.421 e. The predicted molar refractivity (Wildman–Crippen MR) is 315 cm³/mol. The number of rotatable bonds is 2. The number of nitrogens with zero attached hydrogens (tertiary/aromatic N) is 4. The standard InChI is InChI=1S/C66H76B2N4/c1-61(2,3)41-19-27-47(28-20-41)69-57-33-25-45(65(13,14)15)37-59(57)71-55-31-23-43(63(7,8)9)35-51(55)49-40-54-50(39-53(49)67(69)71)52-36-44(64(10,11)12)24-32-56(52)72-60-38-46(66(16,17)18)26-34-58(60)70(68(54)72)48-29-21-42(22-30-48)62(4,5)6/h19-40H,1-18H3. The third kappa shape index (κ3) is 7.63. The number of hydrogen-bond acceptors (Lipinski definition) is 4. The fourth-order valence-corrected chi connectivity index (χ4v) is 11.8. The van der Waals surface area contributed by atoms with E-state index < -0.39 is 0 Å². The lowest BCUT2D eigenvalue weighted by Crippen LogP contribution is -2.59. The average molecular weight is 947 g/mol. The molecule has 366 valence electrons. The second-order valence-corrected chi connectivity index (χ2v) is 27.7. The summed E-state index contributed by atoms with van der Waals surface area (Å²) >= 11 is 0. The highest BCUT2D eigenvalue weighted by Crippen LogP contribution is 2.56. The molecule has 0 fully saturated rings. The molecule has 7 aromatic carbocycles. The smallest absolute Gasteiger partial charge is 0.360 e. The van der Waals surface area contributed by atoms with E-state index in [2.05, 4.69) is 277 Å². The Morgan fingerprint density at radius 1 is 0.236 bits per heavy atom. The summed E-state index contributed by atoms with van der Waals surface area (Å²) in [5.41, 5.74) is 25.7. The van der Waals surface area contributed by atoms with Crippen LogP contribution in [-0.4, -0.2) is 14.0 Å². The Labute approximate surface area is 433 Å². The van der Waals surface area contributed by atoms with Crippen LogP contribution >= 0.6 is 0 Å². The van der Waals surface area contributed by atoms with Gasteiger partial charge >= 0.3 is 14.0 Å². The second kappa shape index (κ2) is 15.7. The Morgan fingerprint density at radius 2 is 0.500 bits per heavy atom. The largest absolute Gasteiger partial charge is 0.421 e. The molecule has 4 nitrogen and oxygen atoms in total. The van der Waals surface area contributed by atoms with Gasteiger partial charge in [0.1, 0.15) is 0 Å². The molecule has 0 radical (unpaired) electrons. The molecule has 4 heterocycles. The van der Waals surface area contributed by atoms with Crippen molar-refractivity contribution >= 4 is 70.4 Å². The van der Waals surface area contributed by atoms with Crippen LogP contribution in [0.1, 0.15) is 158 Å². The van der Waals surface area contributed by atoms with Crippen molar-refractivity contribution in [1.29, 1.82) is 0 Å². The van der Waals surface area contributed by atoms with Gasteiger partial charge in [0.15, 0.2) is 0 Å². The van der Waals surface area contributed by atoms with Gasteiger partial charge in [-0.1, -0.05) is 185 Å². The lowest BCUT2D eigenvalue weighted by Gasteiger charge is -2.41. The highest BCUT2D eigenvalue weighted by atomic mass is 15.3. The average Bonchev–Trinajstić information content (AvgIpc) is 3.83. The zero-order valence-electron chi connectivity index (χ0n) is 46.6. The molecule has 0 amide bonds. The molecular formula is C66H76B2N4. The van der Waals surface area contributed by atoms with Crippen LogP contribution in [0.2, 0.25) is 0 Å². The molecule has 0 saturated carbocycles. The van der Waals surface area contributed by atoms with Gasteiger partial charge in [0, 0.05) is 33.9 Å². The van der Waals surface area contributed by atoms with Crippen molar-refractivity contribution in [2.75, 3.05) is 19.2 Å². The van der Waals surface area contributed by atoms with Gasteiger partial charge in [-0.3, -0.25) is 0 Å². The van der Waals surface area contributed by atoms with Crippen molar-refractivity contribution in [1.82, 2.24) is 0 Å². The second-order valence-electron chi connectivity index (χ2n) is 27.7. The van der Waals surface area contributed by atoms with Crippen molar-refractivity contribution in [3.63, 3.8) is 0 Å². The van der Waals surface area contributed by atoms with Gasteiger partial charge in [-0.25, -0.2) is 0 Å². The molecular weight excluding hydrogens is 870 g/mol. The maximum absolute atomic E-state index is 2.68. The molecule has 72 heavy (non-hydrogen) atoms. The topological polar surface area (TPSA) is 13.0 Å². The fraction of sp³-hybridized carbons (Fsp3) is 0.364. The Kier molecular flexibility index (Phi) is 10.5. The van der Waals surface area contributed by atoms with Crippen LogP contribution in [0.15, 0.2) is 133 Å². The van der Waals surface area contributed by atoms with Gasteiger partial charge in [0.05, 0.1) is 22.7 Å². The lowest BCUT2D eigenvalue weighted by molar-refractivity contribution is 0.590. The first-order valence-electron chi connectivity index (χ1n) is 26.6. The lowest BCUT2D eigenvalue weighted by atomic mass is 9.53. The number of benzene rings is 7. The maximum atomic E-state index is 2.68. The molecule has 0 saturated heterocycles. The zero-order chi connectivity index (χ0) is 51.6. The van der Waals surface area contributed by atoms with Crippen LogP contribution in [0.3, 0.4) is 0 Å². The minimum absolute atomic E-state index is 0.0240. The summed E-state index contributed by atoms with van der Waals surface area (Å²) < 4.78 is 0. The van der Waals surface area contributed by atoms with E-state index in [1.807, 2.05) is 0 Å². The van der Waals surface area contributed by atoms with Crippen LogP contribution in [0, 0.1) is 0 Å². The molecule has 0 bridgehead atoms. The SMILES string of the molecule is CC(C)(C)c1ccc(N2B3c4cc5c(cc4-c4cc(C(C)(C)C)ccc4N3c3cc(C(C)(C)C)ccc32)B2N(c3ccc(C(C)(C)C)cc3)c3ccc(C(C)(C)C)cc3N2c2ccc(C(C)(C)C)cc2-5)cc1. The van der Waals surface area contributed by atoms with Gasteiger partial charge in [0.25, 0.3) is 0 Å². The van der Waals surface area contributed by atoms with E-state index in [4.69, 9.17) is 0 Å². The highest BCUT2D eigenvalue weighted by molar-refractivity contribution is 6.89. The summed E-state index contributed by atoms with van der Waals surface area (Å²) in [5, 5.41) is 0. The summed E-state index contributed by atoms with van der Waals surface area (Å²) in [5.74, 6) is 0. The third-order valence-corrected chi connectivity index (χ3v) is 16.3. The molecule has 0 unspecified atom stereocenters. The molecule has 4 aliphatic rings. The monoisotopic (exact) mass is 947 g/mol.